The Balaban J connectivity index is 1.47. The monoisotopic (exact) mass is 398 g/mol. The number of aliphatic imine (C=N–C) groups is 1. The van der Waals surface area contributed by atoms with E-state index in [1.54, 1.807) is 0 Å². The SMILES string of the molecule is N#CC(C#N)C(=NCCCN1CCCCC1)N1CCC(CN2CCCCC2)CC1. The molecule has 0 saturated carbocycles. The van der Waals surface area contributed by atoms with Crippen LogP contribution in [0.1, 0.15) is 57.8 Å². The molecule has 0 aromatic heterocycles. The normalized spacial score (nSPS) is 23.1. The molecule has 0 bridgehead atoms. The van der Waals surface area contributed by atoms with E-state index in [1.165, 1.54) is 71.2 Å². The van der Waals surface area contributed by atoms with Crippen LogP contribution >= 0.6 is 0 Å². The van der Waals surface area contributed by atoms with Crippen LogP contribution in [0.15, 0.2) is 4.99 Å². The third-order valence-electron chi connectivity index (χ3n) is 6.77. The molecule has 0 aromatic rings. The maximum absolute atomic E-state index is 9.46. The van der Waals surface area contributed by atoms with E-state index in [9.17, 15) is 10.5 Å². The number of piperidine rings is 3. The fraction of sp³-hybridized carbons (Fsp3) is 0.870. The molecule has 0 atom stereocenters. The minimum absolute atomic E-state index is 0.722. The van der Waals surface area contributed by atoms with Crippen molar-refractivity contribution in [1.29, 1.82) is 10.5 Å². The summed E-state index contributed by atoms with van der Waals surface area (Å²) in [7, 11) is 0. The average Bonchev–Trinajstić information content (AvgIpc) is 2.78. The molecule has 0 amide bonds. The van der Waals surface area contributed by atoms with Crippen molar-refractivity contribution in [3.8, 4) is 12.1 Å². The molecule has 3 rings (SSSR count). The van der Waals surface area contributed by atoms with Gasteiger partial charge in [-0.05, 0) is 83.6 Å². The molecule has 0 aliphatic carbocycles. The van der Waals surface area contributed by atoms with Crippen LogP contribution in [0.3, 0.4) is 0 Å². The summed E-state index contributed by atoms with van der Waals surface area (Å²) in [6.07, 6.45) is 11.4. The Morgan fingerprint density at radius 2 is 1.41 bits per heavy atom. The van der Waals surface area contributed by atoms with Gasteiger partial charge in [0, 0.05) is 26.2 Å². The van der Waals surface area contributed by atoms with Crippen molar-refractivity contribution < 1.29 is 0 Å². The van der Waals surface area contributed by atoms with E-state index in [-0.39, 0.29) is 0 Å². The molecule has 6 nitrogen and oxygen atoms in total. The lowest BCUT2D eigenvalue weighted by Gasteiger charge is -2.37. The molecule has 3 aliphatic rings. The second-order valence-corrected chi connectivity index (χ2v) is 8.98. The molecule has 0 radical (unpaired) electrons. The van der Waals surface area contributed by atoms with Gasteiger partial charge in [0.25, 0.3) is 0 Å². The largest absolute Gasteiger partial charge is 0.358 e. The van der Waals surface area contributed by atoms with Crippen LogP contribution in [0.5, 0.6) is 0 Å². The third-order valence-corrected chi connectivity index (χ3v) is 6.77. The van der Waals surface area contributed by atoms with Crippen LogP contribution < -0.4 is 0 Å². The lowest BCUT2D eigenvalue weighted by molar-refractivity contribution is 0.157. The first-order valence-corrected chi connectivity index (χ1v) is 11.8. The van der Waals surface area contributed by atoms with Crippen LogP contribution in [0.2, 0.25) is 0 Å². The Morgan fingerprint density at radius 3 is 2.00 bits per heavy atom. The molecular formula is C23H38N6. The van der Waals surface area contributed by atoms with Crippen LogP contribution in [-0.2, 0) is 0 Å². The van der Waals surface area contributed by atoms with Crippen LogP contribution in [0.25, 0.3) is 0 Å². The molecule has 3 heterocycles. The first-order valence-electron chi connectivity index (χ1n) is 11.8. The van der Waals surface area contributed by atoms with Gasteiger partial charge in [-0.15, -0.1) is 0 Å². The summed E-state index contributed by atoms with van der Waals surface area (Å²) in [5.41, 5.74) is 0. The number of rotatable bonds is 7. The van der Waals surface area contributed by atoms with Crippen LogP contribution in [-0.4, -0.2) is 79.4 Å². The number of likely N-dealkylation sites (tertiary alicyclic amines) is 3. The number of nitriles is 2. The predicted molar refractivity (Wildman–Crippen MR) is 117 cm³/mol. The molecule has 3 aliphatic heterocycles. The second kappa shape index (κ2) is 12.2. The van der Waals surface area contributed by atoms with Gasteiger partial charge in [0.05, 0.1) is 12.1 Å². The van der Waals surface area contributed by atoms with Crippen molar-refractivity contribution in [2.24, 2.45) is 16.8 Å². The second-order valence-electron chi connectivity index (χ2n) is 8.98. The molecule has 3 fully saturated rings. The van der Waals surface area contributed by atoms with E-state index >= 15 is 0 Å². The highest BCUT2D eigenvalue weighted by Gasteiger charge is 2.27. The van der Waals surface area contributed by atoms with Crippen molar-refractivity contribution in [3.05, 3.63) is 0 Å². The zero-order chi connectivity index (χ0) is 20.3. The number of amidine groups is 1. The van der Waals surface area contributed by atoms with E-state index in [0.717, 1.165) is 57.2 Å². The molecule has 0 unspecified atom stereocenters. The van der Waals surface area contributed by atoms with Gasteiger partial charge in [0.2, 0.25) is 0 Å². The highest BCUT2D eigenvalue weighted by molar-refractivity contribution is 5.89. The summed E-state index contributed by atoms with van der Waals surface area (Å²) >= 11 is 0. The molecule has 6 heteroatoms. The quantitative estimate of drug-likeness (QED) is 0.374. The van der Waals surface area contributed by atoms with Crippen molar-refractivity contribution >= 4 is 5.84 Å². The fourth-order valence-corrected chi connectivity index (χ4v) is 5.04. The Labute approximate surface area is 177 Å². The zero-order valence-electron chi connectivity index (χ0n) is 18.1. The predicted octanol–water partition coefficient (Wildman–Crippen LogP) is 3.12. The first-order chi connectivity index (χ1) is 14.3. The maximum atomic E-state index is 9.46. The summed E-state index contributed by atoms with van der Waals surface area (Å²) in [6, 6.07) is 4.33. The van der Waals surface area contributed by atoms with Crippen molar-refractivity contribution in [2.45, 2.75) is 57.8 Å². The van der Waals surface area contributed by atoms with E-state index < -0.39 is 5.92 Å². The van der Waals surface area contributed by atoms with E-state index in [4.69, 9.17) is 4.99 Å². The van der Waals surface area contributed by atoms with Gasteiger partial charge in [-0.2, -0.15) is 10.5 Å². The van der Waals surface area contributed by atoms with Crippen molar-refractivity contribution in [2.75, 3.05) is 58.9 Å². The standard InChI is InChI=1S/C23H38N6/c24-18-22(19-25)23(26-10-7-15-27-11-3-1-4-12-27)29-16-8-21(9-17-29)20-28-13-5-2-6-14-28/h21-22H,1-17,20H2. The van der Waals surface area contributed by atoms with Crippen molar-refractivity contribution in [3.63, 3.8) is 0 Å². The summed E-state index contributed by atoms with van der Waals surface area (Å²) in [5.74, 6) is 0.737. The molecule has 29 heavy (non-hydrogen) atoms. The zero-order valence-corrected chi connectivity index (χ0v) is 18.1. The summed E-state index contributed by atoms with van der Waals surface area (Å²) in [6.45, 7) is 9.82. The van der Waals surface area contributed by atoms with Crippen molar-refractivity contribution in [1.82, 2.24) is 14.7 Å². The smallest absolute Gasteiger partial charge is 0.189 e. The highest BCUT2D eigenvalue weighted by atomic mass is 15.2. The first kappa shape index (κ1) is 22.1. The number of hydrogen-bond acceptors (Lipinski definition) is 5. The Hall–Kier alpha value is -1.63. The van der Waals surface area contributed by atoms with Crippen LogP contribution in [0, 0.1) is 34.5 Å². The average molecular weight is 399 g/mol. The summed E-state index contributed by atoms with van der Waals surface area (Å²) < 4.78 is 0. The number of nitrogens with zero attached hydrogens (tertiary/aromatic N) is 6. The van der Waals surface area contributed by atoms with Gasteiger partial charge in [0.15, 0.2) is 5.92 Å². The van der Waals surface area contributed by atoms with Crippen LogP contribution in [0.4, 0.5) is 0 Å². The molecule has 0 N–H and O–H groups in total. The van der Waals surface area contributed by atoms with Gasteiger partial charge in [-0.3, -0.25) is 4.99 Å². The van der Waals surface area contributed by atoms with Gasteiger partial charge in [-0.1, -0.05) is 12.8 Å². The Morgan fingerprint density at radius 1 is 0.828 bits per heavy atom. The molecule has 0 aromatic carbocycles. The maximum Gasteiger partial charge on any atom is 0.189 e. The van der Waals surface area contributed by atoms with Gasteiger partial charge in [-0.25, -0.2) is 0 Å². The Bertz CT molecular complexity index is 569. The fourth-order valence-electron chi connectivity index (χ4n) is 5.04. The molecule has 160 valence electrons. The van der Waals surface area contributed by atoms with E-state index in [2.05, 4.69) is 26.8 Å². The topological polar surface area (TPSA) is 69.7 Å². The molecule has 3 saturated heterocycles. The lowest BCUT2D eigenvalue weighted by Crippen LogP contribution is -2.44. The number of hydrogen-bond donors (Lipinski definition) is 0. The highest BCUT2D eigenvalue weighted by Crippen LogP contribution is 2.22. The Kier molecular flexibility index (Phi) is 9.25. The lowest BCUT2D eigenvalue weighted by atomic mass is 9.94. The molecule has 0 spiro atoms. The van der Waals surface area contributed by atoms with Gasteiger partial charge >= 0.3 is 0 Å². The minimum Gasteiger partial charge on any atom is -0.358 e. The van der Waals surface area contributed by atoms with E-state index in [1.807, 2.05) is 0 Å². The summed E-state index contributed by atoms with van der Waals surface area (Å²) in [5, 5.41) is 18.9. The van der Waals surface area contributed by atoms with E-state index in [0.29, 0.717) is 0 Å². The molecular weight excluding hydrogens is 360 g/mol. The summed E-state index contributed by atoms with van der Waals surface area (Å²) in [4.78, 5) is 12.2. The third kappa shape index (κ3) is 6.98. The minimum atomic E-state index is -0.733. The van der Waals surface area contributed by atoms with Gasteiger partial charge in [0.1, 0.15) is 5.84 Å². The van der Waals surface area contributed by atoms with Gasteiger partial charge < -0.3 is 14.7 Å².